The molecule has 1 N–H and O–H groups in total. The highest BCUT2D eigenvalue weighted by atomic mass is 79.9. The summed E-state index contributed by atoms with van der Waals surface area (Å²) in [5, 5.41) is 8.95. The van der Waals surface area contributed by atoms with Crippen molar-refractivity contribution in [2.24, 2.45) is 4.99 Å². The highest BCUT2D eigenvalue weighted by Gasteiger charge is 2.54. The molecule has 4 rings (SSSR count). The van der Waals surface area contributed by atoms with Crippen LogP contribution in [0.4, 0.5) is 0 Å². The van der Waals surface area contributed by atoms with Gasteiger partial charge in [-0.3, -0.25) is 0 Å². The van der Waals surface area contributed by atoms with E-state index in [0.29, 0.717) is 24.7 Å². The quantitative estimate of drug-likeness (QED) is 0.253. The number of nitrogens with zero attached hydrogens (tertiary/aromatic N) is 1. The van der Waals surface area contributed by atoms with Crippen molar-refractivity contribution >= 4 is 43.7 Å². The third-order valence-electron chi connectivity index (χ3n) is 5.77. The minimum atomic E-state index is -1.32. The number of methoxy groups -OCH3 is 1. The van der Waals surface area contributed by atoms with E-state index < -0.39 is 17.6 Å². The molecular formula is C27H25Br2NO5. The van der Waals surface area contributed by atoms with Crippen LogP contribution < -0.4 is 4.74 Å². The Morgan fingerprint density at radius 3 is 2.43 bits per heavy atom. The number of benzene rings is 3. The molecule has 0 spiro atoms. The maximum atomic E-state index is 13.4. The number of hydrogen-bond donors (Lipinski definition) is 1. The van der Waals surface area contributed by atoms with Crippen molar-refractivity contribution in [2.75, 3.05) is 20.3 Å². The third kappa shape index (κ3) is 5.60. The van der Waals surface area contributed by atoms with Gasteiger partial charge in [0.05, 0.1) is 13.7 Å². The molecule has 1 aliphatic heterocycles. The van der Waals surface area contributed by atoms with Gasteiger partial charge in [0.15, 0.2) is 6.10 Å². The molecule has 0 aliphatic carbocycles. The zero-order chi connectivity index (χ0) is 24.8. The molecule has 0 saturated heterocycles. The number of aliphatic imine (C=N–C) groups is 1. The Hall–Kier alpha value is -2.68. The highest BCUT2D eigenvalue weighted by Crippen LogP contribution is 2.44. The van der Waals surface area contributed by atoms with Gasteiger partial charge in [0.25, 0.3) is 0 Å². The van der Waals surface area contributed by atoms with Gasteiger partial charge in [0, 0.05) is 34.0 Å². The highest BCUT2D eigenvalue weighted by molar-refractivity contribution is 9.10. The molecule has 6 nitrogen and oxygen atoms in total. The SMILES string of the molecule is COC(=O)[C@]1(Cc2ccccc2Br)N=C(c2ccc(OCCCO)cc2)O[C@@H]1c1ccc(Br)cc1. The Labute approximate surface area is 221 Å². The maximum Gasteiger partial charge on any atom is 0.338 e. The Balaban J connectivity index is 1.76. The monoisotopic (exact) mass is 601 g/mol. The van der Waals surface area contributed by atoms with Crippen LogP contribution in [0.3, 0.4) is 0 Å². The number of aliphatic hydroxyl groups excluding tert-OH is 1. The van der Waals surface area contributed by atoms with Crippen LogP contribution in [0.15, 0.2) is 86.7 Å². The summed E-state index contributed by atoms with van der Waals surface area (Å²) in [6.07, 6.45) is 0.155. The van der Waals surface area contributed by atoms with E-state index >= 15 is 0 Å². The Morgan fingerprint density at radius 2 is 1.77 bits per heavy atom. The molecule has 8 heteroatoms. The molecule has 0 radical (unpaired) electrons. The fraction of sp³-hybridized carbons (Fsp3) is 0.259. The van der Waals surface area contributed by atoms with E-state index in [1.165, 1.54) is 7.11 Å². The molecule has 3 aromatic carbocycles. The number of carbonyl (C=O) groups excluding carboxylic acids is 1. The van der Waals surface area contributed by atoms with E-state index in [2.05, 4.69) is 31.9 Å². The van der Waals surface area contributed by atoms with Gasteiger partial charge in [0.1, 0.15) is 5.75 Å². The molecular weight excluding hydrogens is 578 g/mol. The zero-order valence-corrected chi connectivity index (χ0v) is 22.3. The lowest BCUT2D eigenvalue weighted by Gasteiger charge is -2.29. The van der Waals surface area contributed by atoms with Crippen LogP contribution in [0.2, 0.25) is 0 Å². The van der Waals surface area contributed by atoms with Gasteiger partial charge in [-0.1, -0.05) is 62.2 Å². The first kappa shape index (κ1) is 25.4. The molecule has 0 bridgehead atoms. The Bertz CT molecular complexity index is 1200. The van der Waals surface area contributed by atoms with Gasteiger partial charge in [0.2, 0.25) is 11.4 Å². The number of carbonyl (C=O) groups is 1. The molecule has 1 aliphatic rings. The van der Waals surface area contributed by atoms with Crippen LogP contribution in [0.5, 0.6) is 5.75 Å². The first-order chi connectivity index (χ1) is 17.0. The van der Waals surface area contributed by atoms with E-state index in [-0.39, 0.29) is 13.0 Å². The van der Waals surface area contributed by atoms with E-state index in [4.69, 9.17) is 24.3 Å². The summed E-state index contributed by atoms with van der Waals surface area (Å²) in [5.74, 6) is 0.565. The number of rotatable bonds is 9. The molecule has 0 amide bonds. The standard InChI is InChI=1S/C27H25Br2NO5/c1-33-26(32)27(17-20-5-2-3-6-23(20)29)24(18-7-11-21(28)12-8-18)35-25(30-27)19-9-13-22(14-10-19)34-16-4-15-31/h2-3,5-14,24,31H,4,15-17H2,1H3/t24-,27-/m1/s1. The lowest BCUT2D eigenvalue weighted by atomic mass is 9.83. The van der Waals surface area contributed by atoms with Crippen LogP contribution >= 0.6 is 31.9 Å². The number of aliphatic hydroxyl groups is 1. The second-order valence-electron chi connectivity index (χ2n) is 8.10. The smallest absolute Gasteiger partial charge is 0.338 e. The first-order valence-electron chi connectivity index (χ1n) is 11.1. The van der Waals surface area contributed by atoms with Crippen LogP contribution in [0.1, 0.15) is 29.2 Å². The molecule has 0 saturated carbocycles. The fourth-order valence-corrected chi connectivity index (χ4v) is 4.69. The van der Waals surface area contributed by atoms with Gasteiger partial charge in [-0.25, -0.2) is 9.79 Å². The summed E-state index contributed by atoms with van der Waals surface area (Å²) in [7, 11) is 1.37. The summed E-state index contributed by atoms with van der Waals surface area (Å²) < 4.78 is 19.1. The summed E-state index contributed by atoms with van der Waals surface area (Å²) in [5.41, 5.74) is 1.13. The van der Waals surface area contributed by atoms with Crippen molar-refractivity contribution in [2.45, 2.75) is 24.5 Å². The number of hydrogen-bond acceptors (Lipinski definition) is 6. The average molecular weight is 603 g/mol. The maximum absolute atomic E-state index is 13.4. The van der Waals surface area contributed by atoms with E-state index in [0.717, 1.165) is 25.6 Å². The summed E-state index contributed by atoms with van der Waals surface area (Å²) in [6.45, 7) is 0.504. The molecule has 1 heterocycles. The van der Waals surface area contributed by atoms with Gasteiger partial charge in [-0.05, 0) is 53.6 Å². The molecule has 182 valence electrons. The van der Waals surface area contributed by atoms with Gasteiger partial charge in [-0.2, -0.15) is 0 Å². The minimum Gasteiger partial charge on any atom is -0.494 e. The lowest BCUT2D eigenvalue weighted by molar-refractivity contribution is -0.150. The Morgan fingerprint density at radius 1 is 1.06 bits per heavy atom. The first-order valence-corrected chi connectivity index (χ1v) is 12.7. The van der Waals surface area contributed by atoms with Crippen molar-refractivity contribution in [1.82, 2.24) is 0 Å². The average Bonchev–Trinajstić information content (AvgIpc) is 3.26. The molecule has 0 fully saturated rings. The number of ether oxygens (including phenoxy) is 3. The second-order valence-corrected chi connectivity index (χ2v) is 9.87. The molecule has 2 atom stereocenters. The van der Waals surface area contributed by atoms with Crippen LogP contribution in [-0.2, 0) is 20.7 Å². The summed E-state index contributed by atoms with van der Waals surface area (Å²) >= 11 is 7.07. The van der Waals surface area contributed by atoms with Crippen molar-refractivity contribution in [3.63, 3.8) is 0 Å². The minimum absolute atomic E-state index is 0.0767. The van der Waals surface area contributed by atoms with E-state index in [1.54, 1.807) is 0 Å². The lowest BCUT2D eigenvalue weighted by Crippen LogP contribution is -2.44. The van der Waals surface area contributed by atoms with Crippen molar-refractivity contribution in [3.8, 4) is 5.75 Å². The van der Waals surface area contributed by atoms with Crippen molar-refractivity contribution < 1.29 is 24.1 Å². The van der Waals surface area contributed by atoms with Crippen LogP contribution in [0.25, 0.3) is 0 Å². The number of halogens is 2. The second kappa shape index (κ2) is 11.4. The predicted molar refractivity (Wildman–Crippen MR) is 141 cm³/mol. The van der Waals surface area contributed by atoms with Crippen molar-refractivity contribution in [1.29, 1.82) is 0 Å². The fourth-order valence-electron chi connectivity index (χ4n) is 4.00. The summed E-state index contributed by atoms with van der Waals surface area (Å²) in [4.78, 5) is 18.3. The van der Waals surface area contributed by atoms with Crippen molar-refractivity contribution in [3.05, 3.63) is 98.4 Å². The largest absolute Gasteiger partial charge is 0.494 e. The normalized spacial score (nSPS) is 19.1. The van der Waals surface area contributed by atoms with Crippen LogP contribution in [0, 0.1) is 0 Å². The van der Waals surface area contributed by atoms with Gasteiger partial charge >= 0.3 is 5.97 Å². The molecule has 3 aromatic rings. The molecule has 35 heavy (non-hydrogen) atoms. The van der Waals surface area contributed by atoms with E-state index in [1.807, 2.05) is 72.8 Å². The predicted octanol–water partition coefficient (Wildman–Crippen LogP) is 5.65. The van der Waals surface area contributed by atoms with Gasteiger partial charge in [-0.15, -0.1) is 0 Å². The molecule has 0 unspecified atom stereocenters. The van der Waals surface area contributed by atoms with Gasteiger partial charge < -0.3 is 19.3 Å². The summed E-state index contributed by atoms with van der Waals surface area (Å²) in [6, 6.07) is 22.7. The number of esters is 1. The molecule has 0 aromatic heterocycles. The third-order valence-corrected chi connectivity index (χ3v) is 7.07. The van der Waals surface area contributed by atoms with Crippen LogP contribution in [-0.4, -0.2) is 42.8 Å². The topological polar surface area (TPSA) is 77.4 Å². The zero-order valence-electron chi connectivity index (χ0n) is 19.1. The Kier molecular flexibility index (Phi) is 8.26. The van der Waals surface area contributed by atoms with E-state index in [9.17, 15) is 4.79 Å².